The highest BCUT2D eigenvalue weighted by Gasteiger charge is 2.28. The number of nitrogens with zero attached hydrogens (tertiary/aromatic N) is 5. The number of aromatic nitrogens is 3. The first kappa shape index (κ1) is 20.2. The summed E-state index contributed by atoms with van der Waals surface area (Å²) in [6, 6.07) is 12.6. The Hall–Kier alpha value is -2.73. The van der Waals surface area contributed by atoms with E-state index in [1.165, 1.54) is 5.56 Å². The van der Waals surface area contributed by atoms with Gasteiger partial charge < -0.3 is 4.90 Å². The van der Waals surface area contributed by atoms with Crippen molar-refractivity contribution in [3.8, 4) is 0 Å². The van der Waals surface area contributed by atoms with E-state index in [9.17, 15) is 4.79 Å². The highest BCUT2D eigenvalue weighted by molar-refractivity contribution is 5.96. The van der Waals surface area contributed by atoms with E-state index in [2.05, 4.69) is 47.3 Å². The molecule has 1 amide bonds. The van der Waals surface area contributed by atoms with Crippen LogP contribution in [0.4, 0.5) is 5.69 Å². The van der Waals surface area contributed by atoms with Crippen LogP contribution < -0.4 is 4.90 Å². The lowest BCUT2D eigenvalue weighted by atomic mass is 9.94. The Labute approximate surface area is 183 Å². The molecule has 162 valence electrons. The fraction of sp³-hybridized carbons (Fsp3) is 0.480. The van der Waals surface area contributed by atoms with Crippen LogP contribution in [-0.2, 0) is 17.8 Å². The number of piperidine rings is 1. The van der Waals surface area contributed by atoms with Gasteiger partial charge in [0.15, 0.2) is 5.65 Å². The smallest absolute Gasteiger partial charge is 0.241 e. The largest absolute Gasteiger partial charge is 0.311 e. The Morgan fingerprint density at radius 2 is 2.03 bits per heavy atom. The number of carbonyl (C=O) groups excluding carboxylic acids is 1. The van der Waals surface area contributed by atoms with Crippen LogP contribution in [0.2, 0.25) is 0 Å². The molecule has 31 heavy (non-hydrogen) atoms. The molecular weight excluding hydrogens is 386 g/mol. The highest BCUT2D eigenvalue weighted by Crippen LogP contribution is 2.29. The van der Waals surface area contributed by atoms with Crippen molar-refractivity contribution in [2.75, 3.05) is 31.1 Å². The summed E-state index contributed by atoms with van der Waals surface area (Å²) in [5.41, 5.74) is 4.51. The van der Waals surface area contributed by atoms with Crippen molar-refractivity contribution < 1.29 is 4.79 Å². The second-order valence-corrected chi connectivity index (χ2v) is 8.87. The number of hydrogen-bond acceptors (Lipinski definition) is 4. The predicted octanol–water partition coefficient (Wildman–Crippen LogP) is 4.00. The second-order valence-electron chi connectivity index (χ2n) is 8.87. The summed E-state index contributed by atoms with van der Waals surface area (Å²) in [4.78, 5) is 22.5. The lowest BCUT2D eigenvalue weighted by Crippen LogP contribution is -2.45. The Morgan fingerprint density at radius 1 is 1.13 bits per heavy atom. The van der Waals surface area contributed by atoms with Crippen molar-refractivity contribution in [1.82, 2.24) is 19.7 Å². The minimum atomic E-state index is 0.220. The van der Waals surface area contributed by atoms with Gasteiger partial charge in [-0.2, -0.15) is 5.10 Å². The molecule has 6 nitrogen and oxygen atoms in total. The monoisotopic (exact) mass is 417 g/mol. The van der Waals surface area contributed by atoms with E-state index >= 15 is 0 Å². The normalized spacial score (nSPS) is 19.5. The molecule has 2 aromatic heterocycles. The molecule has 0 unspecified atom stereocenters. The predicted molar refractivity (Wildman–Crippen MR) is 123 cm³/mol. The standard InChI is InChI=1S/C25H31N5O/c1-2-13-30-25-20(16-26-30)11-12-22(27-25)21-9-5-14-28(17-21)18-24(31)29-15-6-8-19-7-3-4-10-23(19)29/h3-4,7,10-12,16,21H,2,5-6,8-9,13-15,17-18H2,1H3/t21-/m0/s1. The Balaban J connectivity index is 1.29. The summed E-state index contributed by atoms with van der Waals surface area (Å²) < 4.78 is 2.01. The van der Waals surface area contributed by atoms with E-state index in [0.717, 1.165) is 80.7 Å². The number of anilines is 1. The minimum absolute atomic E-state index is 0.220. The Morgan fingerprint density at radius 3 is 2.94 bits per heavy atom. The van der Waals surface area contributed by atoms with Crippen LogP contribution in [0.25, 0.3) is 11.0 Å². The zero-order chi connectivity index (χ0) is 21.2. The first-order valence-electron chi connectivity index (χ1n) is 11.7. The lowest BCUT2D eigenvalue weighted by Gasteiger charge is -2.35. The van der Waals surface area contributed by atoms with Crippen molar-refractivity contribution in [1.29, 1.82) is 0 Å². The van der Waals surface area contributed by atoms with E-state index in [1.54, 1.807) is 0 Å². The minimum Gasteiger partial charge on any atom is -0.311 e. The fourth-order valence-corrected chi connectivity index (χ4v) is 5.08. The molecule has 0 saturated carbocycles. The van der Waals surface area contributed by atoms with Gasteiger partial charge in [-0.25, -0.2) is 9.67 Å². The van der Waals surface area contributed by atoms with E-state index in [0.29, 0.717) is 12.5 Å². The number of amides is 1. The highest BCUT2D eigenvalue weighted by atomic mass is 16.2. The average molecular weight is 418 g/mol. The third kappa shape index (κ3) is 4.09. The van der Waals surface area contributed by atoms with E-state index in [4.69, 9.17) is 4.98 Å². The molecule has 0 bridgehead atoms. The maximum atomic E-state index is 13.2. The molecule has 0 spiro atoms. The van der Waals surface area contributed by atoms with Gasteiger partial charge in [-0.1, -0.05) is 25.1 Å². The molecular formula is C25H31N5O. The third-order valence-electron chi connectivity index (χ3n) is 6.64. The number of carbonyl (C=O) groups is 1. The van der Waals surface area contributed by atoms with Gasteiger partial charge in [-0.05, 0) is 62.4 Å². The molecule has 1 aromatic carbocycles. The van der Waals surface area contributed by atoms with Crippen molar-refractivity contribution >= 4 is 22.6 Å². The van der Waals surface area contributed by atoms with Crippen LogP contribution in [0.3, 0.4) is 0 Å². The van der Waals surface area contributed by atoms with E-state index in [-0.39, 0.29) is 5.91 Å². The number of likely N-dealkylation sites (tertiary alicyclic amines) is 1. The van der Waals surface area contributed by atoms with Gasteiger partial charge in [-0.3, -0.25) is 9.69 Å². The topological polar surface area (TPSA) is 54.3 Å². The number of para-hydroxylation sites is 1. The molecule has 1 fully saturated rings. The van der Waals surface area contributed by atoms with Gasteiger partial charge >= 0.3 is 0 Å². The first-order chi connectivity index (χ1) is 15.2. The quantitative estimate of drug-likeness (QED) is 0.630. The van der Waals surface area contributed by atoms with Crippen LogP contribution >= 0.6 is 0 Å². The number of pyridine rings is 1. The molecule has 2 aliphatic rings. The molecule has 1 atom stereocenters. The summed E-state index contributed by atoms with van der Waals surface area (Å²) in [5, 5.41) is 5.59. The lowest BCUT2D eigenvalue weighted by molar-refractivity contribution is -0.120. The number of rotatable bonds is 5. The zero-order valence-electron chi connectivity index (χ0n) is 18.3. The molecule has 2 aliphatic heterocycles. The number of hydrogen-bond donors (Lipinski definition) is 0. The van der Waals surface area contributed by atoms with Crippen LogP contribution in [0.5, 0.6) is 0 Å². The van der Waals surface area contributed by atoms with Crippen LogP contribution in [0, 0.1) is 0 Å². The molecule has 1 saturated heterocycles. The summed E-state index contributed by atoms with van der Waals surface area (Å²) in [5.74, 6) is 0.585. The SMILES string of the molecule is CCCn1ncc2ccc([C@H]3CCCN(CC(=O)N4CCCc5ccccc54)C3)nc21. The van der Waals surface area contributed by atoms with Crippen LogP contribution in [0.15, 0.2) is 42.6 Å². The van der Waals surface area contributed by atoms with Crippen LogP contribution in [-0.4, -0.2) is 51.8 Å². The first-order valence-corrected chi connectivity index (χ1v) is 11.7. The number of benzene rings is 1. The summed E-state index contributed by atoms with van der Waals surface area (Å²) in [6.45, 7) is 6.24. The Kier molecular flexibility index (Phi) is 5.72. The maximum Gasteiger partial charge on any atom is 0.241 e. The van der Waals surface area contributed by atoms with Crippen molar-refractivity contribution in [3.05, 3.63) is 53.9 Å². The Bertz CT molecular complexity index is 1070. The maximum absolute atomic E-state index is 13.2. The summed E-state index contributed by atoms with van der Waals surface area (Å²) in [6.07, 6.45) is 7.28. The molecule has 4 heterocycles. The third-order valence-corrected chi connectivity index (χ3v) is 6.64. The van der Waals surface area contributed by atoms with Crippen molar-refractivity contribution in [2.45, 2.75) is 51.5 Å². The van der Waals surface area contributed by atoms with Crippen molar-refractivity contribution in [3.63, 3.8) is 0 Å². The van der Waals surface area contributed by atoms with Gasteiger partial charge in [0.25, 0.3) is 0 Å². The van der Waals surface area contributed by atoms with Gasteiger partial charge in [-0.15, -0.1) is 0 Å². The number of fused-ring (bicyclic) bond motifs is 2. The van der Waals surface area contributed by atoms with E-state index in [1.807, 2.05) is 21.8 Å². The molecule has 6 heteroatoms. The molecule has 0 N–H and O–H groups in total. The van der Waals surface area contributed by atoms with Gasteiger partial charge in [0, 0.05) is 42.3 Å². The zero-order valence-corrected chi connectivity index (χ0v) is 18.3. The van der Waals surface area contributed by atoms with Gasteiger partial charge in [0.1, 0.15) is 0 Å². The van der Waals surface area contributed by atoms with Crippen molar-refractivity contribution in [2.24, 2.45) is 0 Å². The summed E-state index contributed by atoms with van der Waals surface area (Å²) in [7, 11) is 0. The molecule has 3 aromatic rings. The molecule has 5 rings (SSSR count). The van der Waals surface area contributed by atoms with Gasteiger partial charge in [0.05, 0.1) is 12.7 Å². The number of aryl methyl sites for hydroxylation is 2. The second kappa shape index (κ2) is 8.79. The fourth-order valence-electron chi connectivity index (χ4n) is 5.08. The summed E-state index contributed by atoms with van der Waals surface area (Å²) >= 11 is 0. The van der Waals surface area contributed by atoms with Crippen LogP contribution in [0.1, 0.15) is 49.8 Å². The molecule has 0 radical (unpaired) electrons. The molecule has 0 aliphatic carbocycles. The average Bonchev–Trinajstić information content (AvgIpc) is 3.21. The van der Waals surface area contributed by atoms with Gasteiger partial charge in [0.2, 0.25) is 5.91 Å². The van der Waals surface area contributed by atoms with E-state index < -0.39 is 0 Å².